The molecule has 3 heteroatoms. The fourth-order valence-electron chi connectivity index (χ4n) is 1.78. The van der Waals surface area contributed by atoms with Gasteiger partial charge in [-0.25, -0.2) is 4.39 Å². The average molecular weight is 285 g/mol. The molecule has 0 atom stereocenters. The van der Waals surface area contributed by atoms with E-state index in [-0.39, 0.29) is 12.4 Å². The molecular weight excluding hydrogens is 269 g/mol. The molecule has 2 N–H and O–H groups in total. The zero-order valence-electron chi connectivity index (χ0n) is 11.3. The van der Waals surface area contributed by atoms with Crippen LogP contribution in [-0.4, -0.2) is 6.54 Å². The molecule has 102 valence electrons. The molecule has 0 heterocycles. The number of hydrogen-bond donors (Lipinski definition) is 1. The highest BCUT2D eigenvalue weighted by atomic mass is 32.2. The summed E-state index contributed by atoms with van der Waals surface area (Å²) in [4.78, 5) is 1.21. The summed E-state index contributed by atoms with van der Waals surface area (Å²) in [5, 5.41) is 0. The van der Waals surface area contributed by atoms with Crippen LogP contribution in [0.2, 0.25) is 0 Å². The second-order valence-electron chi connectivity index (χ2n) is 4.43. The lowest BCUT2D eigenvalue weighted by Gasteiger charge is -2.04. The van der Waals surface area contributed by atoms with Gasteiger partial charge >= 0.3 is 0 Å². The first-order valence-corrected chi connectivity index (χ1v) is 7.34. The first-order chi connectivity index (χ1) is 9.69. The second kappa shape index (κ2) is 7.14. The van der Waals surface area contributed by atoms with Crippen LogP contribution in [-0.2, 0) is 5.75 Å². The Morgan fingerprint density at radius 3 is 2.80 bits per heavy atom. The highest BCUT2D eigenvalue weighted by Crippen LogP contribution is 2.24. The van der Waals surface area contributed by atoms with Gasteiger partial charge in [-0.3, -0.25) is 0 Å². The fraction of sp³-hybridized carbons (Fsp3) is 0.176. The number of nitrogens with two attached hydrogens (primary N) is 1. The van der Waals surface area contributed by atoms with E-state index in [1.165, 1.54) is 16.5 Å². The predicted molar refractivity (Wildman–Crippen MR) is 83.1 cm³/mol. The van der Waals surface area contributed by atoms with Crippen LogP contribution >= 0.6 is 11.8 Å². The lowest BCUT2D eigenvalue weighted by Crippen LogP contribution is -1.94. The second-order valence-corrected chi connectivity index (χ2v) is 5.47. The number of thioether (sulfide) groups is 1. The molecule has 20 heavy (non-hydrogen) atoms. The van der Waals surface area contributed by atoms with E-state index in [1.807, 2.05) is 6.07 Å². The van der Waals surface area contributed by atoms with E-state index in [0.29, 0.717) is 5.56 Å². The molecule has 0 amide bonds. The zero-order valence-corrected chi connectivity index (χ0v) is 12.1. The van der Waals surface area contributed by atoms with Gasteiger partial charge in [0.05, 0.1) is 12.1 Å². The summed E-state index contributed by atoms with van der Waals surface area (Å²) in [5.41, 5.74) is 8.02. The monoisotopic (exact) mass is 285 g/mol. The van der Waals surface area contributed by atoms with Gasteiger partial charge in [-0.05, 0) is 36.8 Å². The number of aryl methyl sites for hydroxylation is 1. The van der Waals surface area contributed by atoms with Crippen LogP contribution in [0.1, 0.15) is 16.7 Å². The SMILES string of the molecule is Cc1cccc(SCc2ccc(F)c(C#CCN)c2)c1. The molecular formula is C17H16FNS. The van der Waals surface area contributed by atoms with Gasteiger partial charge in [-0.15, -0.1) is 11.8 Å². The van der Waals surface area contributed by atoms with Gasteiger partial charge in [0.25, 0.3) is 0 Å². The maximum atomic E-state index is 13.6. The van der Waals surface area contributed by atoms with Gasteiger partial charge in [0.1, 0.15) is 5.82 Å². The molecule has 0 unspecified atom stereocenters. The standard InChI is InChI=1S/C17H16FNS/c1-13-4-2-6-16(10-13)20-12-14-7-8-17(18)15(11-14)5-3-9-19/h2,4,6-8,10-11H,9,12,19H2,1H3. The fourth-order valence-corrected chi connectivity index (χ4v) is 2.73. The third-order valence-corrected chi connectivity index (χ3v) is 3.82. The first-order valence-electron chi connectivity index (χ1n) is 6.36. The first kappa shape index (κ1) is 14.6. The normalized spacial score (nSPS) is 9.95. The van der Waals surface area contributed by atoms with E-state index in [1.54, 1.807) is 23.9 Å². The van der Waals surface area contributed by atoms with Crippen molar-refractivity contribution in [3.8, 4) is 11.8 Å². The molecule has 0 aliphatic rings. The van der Waals surface area contributed by atoms with Crippen molar-refractivity contribution in [3.05, 3.63) is 65.0 Å². The largest absolute Gasteiger partial charge is 0.320 e. The Hall–Kier alpha value is -1.76. The minimum atomic E-state index is -0.296. The maximum absolute atomic E-state index is 13.6. The van der Waals surface area contributed by atoms with Crippen molar-refractivity contribution < 1.29 is 4.39 Å². The molecule has 2 aromatic rings. The van der Waals surface area contributed by atoms with Crippen molar-refractivity contribution in [2.45, 2.75) is 17.6 Å². The minimum absolute atomic E-state index is 0.238. The Balaban J connectivity index is 2.10. The van der Waals surface area contributed by atoms with Gasteiger partial charge in [-0.2, -0.15) is 0 Å². The molecule has 0 saturated heterocycles. The van der Waals surface area contributed by atoms with Gasteiger partial charge in [0, 0.05) is 10.6 Å². The van der Waals surface area contributed by atoms with Crippen molar-refractivity contribution in [1.29, 1.82) is 0 Å². The van der Waals surface area contributed by atoms with Gasteiger partial charge < -0.3 is 5.73 Å². The number of benzene rings is 2. The highest BCUT2D eigenvalue weighted by Gasteiger charge is 2.02. The summed E-state index contributed by atoms with van der Waals surface area (Å²) in [5.74, 6) is 5.94. The van der Waals surface area contributed by atoms with Crippen LogP contribution in [0, 0.1) is 24.6 Å². The van der Waals surface area contributed by atoms with E-state index in [4.69, 9.17) is 5.73 Å². The van der Waals surface area contributed by atoms with Crippen molar-refractivity contribution in [1.82, 2.24) is 0 Å². The van der Waals surface area contributed by atoms with E-state index in [9.17, 15) is 4.39 Å². The molecule has 0 bridgehead atoms. The topological polar surface area (TPSA) is 26.0 Å². The summed E-state index contributed by atoms with van der Waals surface area (Å²) in [6.07, 6.45) is 0. The molecule has 2 rings (SSSR count). The Morgan fingerprint density at radius 1 is 1.20 bits per heavy atom. The Kier molecular flexibility index (Phi) is 5.23. The van der Waals surface area contributed by atoms with E-state index in [2.05, 4.69) is 37.0 Å². The molecule has 0 aliphatic heterocycles. The van der Waals surface area contributed by atoms with Crippen LogP contribution in [0.3, 0.4) is 0 Å². The lowest BCUT2D eigenvalue weighted by molar-refractivity contribution is 0.624. The van der Waals surface area contributed by atoms with Gasteiger partial charge in [0.2, 0.25) is 0 Å². The average Bonchev–Trinajstić information content (AvgIpc) is 2.45. The van der Waals surface area contributed by atoms with Crippen LogP contribution in [0.4, 0.5) is 4.39 Å². The van der Waals surface area contributed by atoms with Crippen LogP contribution < -0.4 is 5.73 Å². The Labute approximate surface area is 123 Å². The van der Waals surface area contributed by atoms with Gasteiger partial charge in [0.15, 0.2) is 0 Å². The lowest BCUT2D eigenvalue weighted by atomic mass is 10.1. The third-order valence-electron chi connectivity index (χ3n) is 2.75. The van der Waals surface area contributed by atoms with Gasteiger partial charge in [-0.1, -0.05) is 35.6 Å². The Bertz CT molecular complexity index is 656. The molecule has 0 aliphatic carbocycles. The highest BCUT2D eigenvalue weighted by molar-refractivity contribution is 7.98. The van der Waals surface area contributed by atoms with Crippen LogP contribution in [0.5, 0.6) is 0 Å². The molecule has 2 aromatic carbocycles. The summed E-state index contributed by atoms with van der Waals surface area (Å²) in [6, 6.07) is 13.4. The van der Waals surface area contributed by atoms with Crippen molar-refractivity contribution in [2.75, 3.05) is 6.54 Å². The van der Waals surface area contributed by atoms with E-state index in [0.717, 1.165) is 11.3 Å². The summed E-state index contributed by atoms with van der Waals surface area (Å²) >= 11 is 1.73. The van der Waals surface area contributed by atoms with Crippen molar-refractivity contribution in [2.24, 2.45) is 5.73 Å². The smallest absolute Gasteiger partial charge is 0.138 e. The zero-order chi connectivity index (χ0) is 14.4. The summed E-state index contributed by atoms with van der Waals surface area (Å²) < 4.78 is 13.6. The van der Waals surface area contributed by atoms with Crippen LogP contribution in [0.15, 0.2) is 47.4 Å². The van der Waals surface area contributed by atoms with Crippen molar-refractivity contribution >= 4 is 11.8 Å². The maximum Gasteiger partial charge on any atom is 0.138 e. The van der Waals surface area contributed by atoms with E-state index < -0.39 is 0 Å². The molecule has 0 saturated carbocycles. The molecule has 0 spiro atoms. The summed E-state index contributed by atoms with van der Waals surface area (Å²) in [6.45, 7) is 2.31. The Morgan fingerprint density at radius 2 is 2.05 bits per heavy atom. The molecule has 1 nitrogen and oxygen atoms in total. The molecule has 0 aromatic heterocycles. The summed E-state index contributed by atoms with van der Waals surface area (Å²) in [7, 11) is 0. The number of rotatable bonds is 3. The third kappa shape index (κ3) is 4.12. The number of hydrogen-bond acceptors (Lipinski definition) is 2. The predicted octanol–water partition coefficient (Wildman–Crippen LogP) is 3.74. The van der Waals surface area contributed by atoms with E-state index >= 15 is 0 Å². The molecule has 0 fully saturated rings. The van der Waals surface area contributed by atoms with Crippen LogP contribution in [0.25, 0.3) is 0 Å². The molecule has 0 radical (unpaired) electrons. The quantitative estimate of drug-likeness (QED) is 0.687. The van der Waals surface area contributed by atoms with Crippen molar-refractivity contribution in [3.63, 3.8) is 0 Å². The number of halogens is 1. The minimum Gasteiger partial charge on any atom is -0.320 e.